The molecule has 0 aliphatic rings. The van der Waals surface area contributed by atoms with Gasteiger partial charge in [-0.05, 0) is 36.4 Å². The van der Waals surface area contributed by atoms with Gasteiger partial charge in [0.05, 0.1) is 11.4 Å². The standard InChI is InChI=1S/C19H21N3O3S/c1-4-14-8-5-6-9-15(14)24-13(2)19(23)22(3)12-17-20-18(21-25-17)16-10-7-11-26-16/h5-11,13H,4,12H2,1-3H3. The number of hydrogen-bond acceptors (Lipinski definition) is 6. The lowest BCUT2D eigenvalue weighted by atomic mass is 10.1. The van der Waals surface area contributed by atoms with Crippen molar-refractivity contribution in [1.82, 2.24) is 15.0 Å². The molecule has 136 valence electrons. The molecule has 6 nitrogen and oxygen atoms in total. The minimum Gasteiger partial charge on any atom is -0.481 e. The van der Waals surface area contributed by atoms with Gasteiger partial charge in [0.15, 0.2) is 6.10 Å². The lowest BCUT2D eigenvalue weighted by Crippen LogP contribution is -2.37. The molecular weight excluding hydrogens is 350 g/mol. The number of aromatic nitrogens is 2. The number of aryl methyl sites for hydroxylation is 1. The van der Waals surface area contributed by atoms with Crippen molar-refractivity contribution in [2.45, 2.75) is 32.9 Å². The van der Waals surface area contributed by atoms with E-state index in [-0.39, 0.29) is 12.5 Å². The summed E-state index contributed by atoms with van der Waals surface area (Å²) < 4.78 is 11.1. The number of benzene rings is 1. The zero-order valence-corrected chi connectivity index (χ0v) is 15.8. The van der Waals surface area contributed by atoms with Crippen molar-refractivity contribution < 1.29 is 14.1 Å². The Morgan fingerprint density at radius 2 is 2.12 bits per heavy atom. The normalized spacial score (nSPS) is 12.0. The topological polar surface area (TPSA) is 68.5 Å². The SMILES string of the molecule is CCc1ccccc1OC(C)C(=O)N(C)Cc1nc(-c2cccs2)no1. The summed E-state index contributed by atoms with van der Waals surface area (Å²) >= 11 is 1.54. The first kappa shape index (κ1) is 18.1. The average Bonchev–Trinajstić information content (AvgIpc) is 3.33. The van der Waals surface area contributed by atoms with Gasteiger partial charge < -0.3 is 14.2 Å². The zero-order valence-electron chi connectivity index (χ0n) is 15.0. The summed E-state index contributed by atoms with van der Waals surface area (Å²) in [5, 5.41) is 5.91. The van der Waals surface area contributed by atoms with Crippen LogP contribution in [0.2, 0.25) is 0 Å². The van der Waals surface area contributed by atoms with Gasteiger partial charge in [0.2, 0.25) is 11.7 Å². The molecule has 0 aliphatic carbocycles. The van der Waals surface area contributed by atoms with E-state index < -0.39 is 6.10 Å². The van der Waals surface area contributed by atoms with Gasteiger partial charge >= 0.3 is 0 Å². The molecule has 26 heavy (non-hydrogen) atoms. The third-order valence-electron chi connectivity index (χ3n) is 3.96. The van der Waals surface area contributed by atoms with Crippen LogP contribution in [-0.4, -0.2) is 34.1 Å². The van der Waals surface area contributed by atoms with E-state index in [1.165, 1.54) is 16.2 Å². The molecule has 0 saturated carbocycles. The van der Waals surface area contributed by atoms with Gasteiger partial charge in [0.25, 0.3) is 5.91 Å². The van der Waals surface area contributed by atoms with Crippen LogP contribution in [0, 0.1) is 0 Å². The molecule has 3 rings (SSSR count). The zero-order chi connectivity index (χ0) is 18.5. The summed E-state index contributed by atoms with van der Waals surface area (Å²) in [5.74, 6) is 1.52. The Morgan fingerprint density at radius 3 is 2.85 bits per heavy atom. The summed E-state index contributed by atoms with van der Waals surface area (Å²) in [6.07, 6.45) is 0.243. The van der Waals surface area contributed by atoms with E-state index in [1.54, 1.807) is 14.0 Å². The van der Waals surface area contributed by atoms with Gasteiger partial charge in [-0.1, -0.05) is 36.3 Å². The third kappa shape index (κ3) is 4.11. The number of carbonyl (C=O) groups excluding carboxylic acids is 1. The molecule has 3 aromatic rings. The van der Waals surface area contributed by atoms with Crippen LogP contribution < -0.4 is 4.74 Å². The number of nitrogens with zero attached hydrogens (tertiary/aromatic N) is 3. The highest BCUT2D eigenvalue weighted by Gasteiger charge is 2.22. The second-order valence-corrected chi connectivity index (χ2v) is 6.85. The molecule has 0 radical (unpaired) electrons. The Morgan fingerprint density at radius 1 is 1.31 bits per heavy atom. The van der Waals surface area contributed by atoms with Crippen LogP contribution in [0.25, 0.3) is 10.7 Å². The first-order valence-electron chi connectivity index (χ1n) is 8.44. The van der Waals surface area contributed by atoms with E-state index in [0.717, 1.165) is 22.6 Å². The molecule has 0 aliphatic heterocycles. The van der Waals surface area contributed by atoms with E-state index in [2.05, 4.69) is 17.1 Å². The lowest BCUT2D eigenvalue weighted by Gasteiger charge is -2.21. The number of rotatable bonds is 7. The molecule has 0 bridgehead atoms. The fourth-order valence-electron chi connectivity index (χ4n) is 2.57. The second kappa shape index (κ2) is 8.14. The highest BCUT2D eigenvalue weighted by Crippen LogP contribution is 2.22. The van der Waals surface area contributed by atoms with E-state index in [0.29, 0.717) is 11.7 Å². The summed E-state index contributed by atoms with van der Waals surface area (Å²) in [6, 6.07) is 11.6. The highest BCUT2D eigenvalue weighted by atomic mass is 32.1. The van der Waals surface area contributed by atoms with Crippen LogP contribution in [0.5, 0.6) is 5.75 Å². The summed E-state index contributed by atoms with van der Waals surface area (Å²) in [4.78, 5) is 19.4. The molecule has 1 aromatic carbocycles. The Balaban J connectivity index is 1.62. The van der Waals surface area contributed by atoms with Crippen molar-refractivity contribution in [2.75, 3.05) is 7.05 Å². The van der Waals surface area contributed by atoms with Crippen molar-refractivity contribution in [3.63, 3.8) is 0 Å². The first-order valence-corrected chi connectivity index (χ1v) is 9.32. The highest BCUT2D eigenvalue weighted by molar-refractivity contribution is 7.13. The van der Waals surface area contributed by atoms with Crippen molar-refractivity contribution >= 4 is 17.2 Å². The number of hydrogen-bond donors (Lipinski definition) is 0. The monoisotopic (exact) mass is 371 g/mol. The Bertz CT molecular complexity index is 861. The maximum Gasteiger partial charge on any atom is 0.263 e. The second-order valence-electron chi connectivity index (χ2n) is 5.90. The van der Waals surface area contributed by atoms with E-state index >= 15 is 0 Å². The average molecular weight is 371 g/mol. The van der Waals surface area contributed by atoms with Gasteiger partial charge in [-0.3, -0.25) is 4.79 Å². The predicted molar refractivity (Wildman–Crippen MR) is 100.0 cm³/mol. The lowest BCUT2D eigenvalue weighted by molar-refractivity contribution is -0.137. The first-order chi connectivity index (χ1) is 12.6. The molecule has 0 spiro atoms. The fraction of sp³-hybridized carbons (Fsp3) is 0.316. The van der Waals surface area contributed by atoms with Crippen LogP contribution in [-0.2, 0) is 17.8 Å². The molecule has 1 atom stereocenters. The molecule has 0 saturated heterocycles. The van der Waals surface area contributed by atoms with Crippen molar-refractivity contribution in [1.29, 1.82) is 0 Å². The van der Waals surface area contributed by atoms with E-state index in [4.69, 9.17) is 9.26 Å². The van der Waals surface area contributed by atoms with Crippen LogP contribution in [0.15, 0.2) is 46.3 Å². The number of para-hydroxylation sites is 1. The van der Waals surface area contributed by atoms with Crippen LogP contribution in [0.4, 0.5) is 0 Å². The van der Waals surface area contributed by atoms with Gasteiger partial charge in [-0.2, -0.15) is 4.98 Å². The minimum absolute atomic E-state index is 0.147. The van der Waals surface area contributed by atoms with Crippen molar-refractivity contribution in [3.8, 4) is 16.5 Å². The molecule has 1 unspecified atom stereocenters. The Labute approximate surface area is 156 Å². The van der Waals surface area contributed by atoms with Gasteiger partial charge in [-0.25, -0.2) is 0 Å². The van der Waals surface area contributed by atoms with E-state index in [9.17, 15) is 4.79 Å². The summed E-state index contributed by atoms with van der Waals surface area (Å²) in [5.41, 5.74) is 1.08. The molecule has 2 aromatic heterocycles. The number of ether oxygens (including phenoxy) is 1. The summed E-state index contributed by atoms with van der Waals surface area (Å²) in [7, 11) is 1.70. The Kier molecular flexibility index (Phi) is 5.68. The van der Waals surface area contributed by atoms with Crippen LogP contribution in [0.3, 0.4) is 0 Å². The Hall–Kier alpha value is -2.67. The number of carbonyl (C=O) groups is 1. The minimum atomic E-state index is -0.604. The smallest absolute Gasteiger partial charge is 0.263 e. The van der Waals surface area contributed by atoms with Gasteiger partial charge in [0, 0.05) is 7.05 Å². The predicted octanol–water partition coefficient (Wildman–Crippen LogP) is 3.79. The molecule has 1 amide bonds. The molecule has 7 heteroatoms. The van der Waals surface area contributed by atoms with Gasteiger partial charge in [0.1, 0.15) is 5.75 Å². The van der Waals surface area contributed by atoms with Crippen LogP contribution in [0.1, 0.15) is 25.3 Å². The summed E-state index contributed by atoms with van der Waals surface area (Å²) in [6.45, 7) is 4.04. The third-order valence-corrected chi connectivity index (χ3v) is 4.83. The largest absolute Gasteiger partial charge is 0.481 e. The number of likely N-dealkylation sites (N-methyl/N-ethyl adjacent to an activating group) is 1. The molecule has 2 heterocycles. The molecular formula is C19H21N3O3S. The number of amides is 1. The molecule has 0 N–H and O–H groups in total. The van der Waals surface area contributed by atoms with Crippen molar-refractivity contribution in [3.05, 3.63) is 53.2 Å². The maximum atomic E-state index is 12.6. The fourth-order valence-corrected chi connectivity index (χ4v) is 3.22. The molecule has 0 fully saturated rings. The maximum absolute atomic E-state index is 12.6. The van der Waals surface area contributed by atoms with Gasteiger partial charge in [-0.15, -0.1) is 11.3 Å². The van der Waals surface area contributed by atoms with Crippen molar-refractivity contribution in [2.24, 2.45) is 0 Å². The van der Waals surface area contributed by atoms with E-state index in [1.807, 2.05) is 41.8 Å². The quantitative estimate of drug-likeness (QED) is 0.632. The van der Waals surface area contributed by atoms with Crippen LogP contribution >= 0.6 is 11.3 Å². The number of thiophene rings is 1.